The van der Waals surface area contributed by atoms with Crippen LogP contribution in [0.25, 0.3) is 0 Å². The summed E-state index contributed by atoms with van der Waals surface area (Å²) in [5, 5.41) is 2.88. The summed E-state index contributed by atoms with van der Waals surface area (Å²) in [5.41, 5.74) is 1.89. The zero-order chi connectivity index (χ0) is 19.9. The highest BCUT2D eigenvalue weighted by Crippen LogP contribution is 2.21. The van der Waals surface area contributed by atoms with Crippen molar-refractivity contribution in [3.05, 3.63) is 54.1 Å². The maximum atomic E-state index is 12.7. The number of amides is 2. The number of likely N-dealkylation sites (tertiary alicyclic amines) is 1. The van der Waals surface area contributed by atoms with E-state index in [-0.39, 0.29) is 18.4 Å². The van der Waals surface area contributed by atoms with Crippen LogP contribution in [0.5, 0.6) is 11.5 Å². The predicted octanol–water partition coefficient (Wildman–Crippen LogP) is 3.27. The average molecular weight is 382 g/mol. The molecule has 0 aliphatic carbocycles. The van der Waals surface area contributed by atoms with E-state index < -0.39 is 6.04 Å². The van der Waals surface area contributed by atoms with Gasteiger partial charge in [-0.15, -0.1) is 0 Å². The number of hydrogen-bond donors (Lipinski definition) is 1. The van der Waals surface area contributed by atoms with Crippen LogP contribution in [0.2, 0.25) is 0 Å². The van der Waals surface area contributed by atoms with Gasteiger partial charge in [0, 0.05) is 12.2 Å². The maximum Gasteiger partial charge on any atom is 0.261 e. The Morgan fingerprint density at radius 3 is 2.39 bits per heavy atom. The SMILES string of the molecule is CCc1ccc(OCC(=O)N2CCCC2C(=O)Nc2ccc(OC)cc2)cc1. The summed E-state index contributed by atoms with van der Waals surface area (Å²) in [4.78, 5) is 26.9. The minimum absolute atomic E-state index is 0.0716. The van der Waals surface area contributed by atoms with Gasteiger partial charge in [-0.25, -0.2) is 0 Å². The second kappa shape index (κ2) is 9.26. The van der Waals surface area contributed by atoms with Crippen LogP contribution in [0, 0.1) is 0 Å². The summed E-state index contributed by atoms with van der Waals surface area (Å²) < 4.78 is 10.7. The highest BCUT2D eigenvalue weighted by molar-refractivity contribution is 5.97. The van der Waals surface area contributed by atoms with E-state index >= 15 is 0 Å². The molecule has 1 fully saturated rings. The van der Waals surface area contributed by atoms with Gasteiger partial charge < -0.3 is 19.7 Å². The maximum absolute atomic E-state index is 12.7. The summed E-state index contributed by atoms with van der Waals surface area (Å²) >= 11 is 0. The van der Waals surface area contributed by atoms with Crippen molar-refractivity contribution in [2.75, 3.05) is 25.6 Å². The van der Waals surface area contributed by atoms with Gasteiger partial charge in [-0.2, -0.15) is 0 Å². The van der Waals surface area contributed by atoms with Crippen molar-refractivity contribution in [3.8, 4) is 11.5 Å². The molecule has 0 bridgehead atoms. The Morgan fingerprint density at radius 2 is 1.75 bits per heavy atom. The number of carbonyl (C=O) groups is 2. The smallest absolute Gasteiger partial charge is 0.261 e. The monoisotopic (exact) mass is 382 g/mol. The van der Waals surface area contributed by atoms with Crippen LogP contribution >= 0.6 is 0 Å². The summed E-state index contributed by atoms with van der Waals surface area (Å²) in [6.07, 6.45) is 2.41. The molecule has 0 spiro atoms. The zero-order valence-electron chi connectivity index (χ0n) is 16.3. The first-order chi connectivity index (χ1) is 13.6. The molecule has 0 radical (unpaired) electrons. The number of nitrogens with zero attached hydrogens (tertiary/aromatic N) is 1. The van der Waals surface area contributed by atoms with Crippen LogP contribution in [0.15, 0.2) is 48.5 Å². The lowest BCUT2D eigenvalue weighted by atomic mass is 10.2. The number of ether oxygens (including phenoxy) is 2. The molecule has 1 heterocycles. The Bertz CT molecular complexity index is 802. The van der Waals surface area contributed by atoms with E-state index in [4.69, 9.17) is 9.47 Å². The molecule has 2 aromatic carbocycles. The molecule has 6 nitrogen and oxygen atoms in total. The lowest BCUT2D eigenvalue weighted by Crippen LogP contribution is -2.45. The van der Waals surface area contributed by atoms with Crippen LogP contribution in [-0.4, -0.2) is 43.0 Å². The van der Waals surface area contributed by atoms with Crippen LogP contribution in [0.3, 0.4) is 0 Å². The molecular formula is C22H26N2O4. The Labute approximate surface area is 165 Å². The molecule has 1 unspecified atom stereocenters. The van der Waals surface area contributed by atoms with Gasteiger partial charge in [0.15, 0.2) is 6.61 Å². The molecule has 0 saturated carbocycles. The molecule has 1 aliphatic rings. The van der Waals surface area contributed by atoms with Crippen LogP contribution in [0.1, 0.15) is 25.3 Å². The topological polar surface area (TPSA) is 67.9 Å². The first-order valence-corrected chi connectivity index (χ1v) is 9.57. The van der Waals surface area contributed by atoms with Gasteiger partial charge in [0.05, 0.1) is 7.11 Å². The molecule has 2 amide bonds. The predicted molar refractivity (Wildman–Crippen MR) is 108 cm³/mol. The van der Waals surface area contributed by atoms with Gasteiger partial charge in [-0.05, 0) is 61.2 Å². The van der Waals surface area contributed by atoms with E-state index in [1.165, 1.54) is 5.56 Å². The summed E-state index contributed by atoms with van der Waals surface area (Å²) in [7, 11) is 1.59. The second-order valence-electron chi connectivity index (χ2n) is 6.75. The van der Waals surface area contributed by atoms with E-state index in [0.717, 1.165) is 18.6 Å². The Balaban J connectivity index is 1.56. The van der Waals surface area contributed by atoms with E-state index in [1.807, 2.05) is 24.3 Å². The number of methoxy groups -OCH3 is 1. The fraction of sp³-hybridized carbons (Fsp3) is 0.364. The molecule has 6 heteroatoms. The summed E-state index contributed by atoms with van der Waals surface area (Å²) in [6, 6.07) is 14.4. The van der Waals surface area contributed by atoms with Crippen molar-refractivity contribution in [1.82, 2.24) is 4.90 Å². The second-order valence-corrected chi connectivity index (χ2v) is 6.75. The fourth-order valence-corrected chi connectivity index (χ4v) is 3.29. The Morgan fingerprint density at radius 1 is 1.07 bits per heavy atom. The Hall–Kier alpha value is -3.02. The summed E-state index contributed by atoms with van der Waals surface area (Å²) in [5.74, 6) is 1.03. The van der Waals surface area contributed by atoms with E-state index in [9.17, 15) is 9.59 Å². The molecular weight excluding hydrogens is 356 g/mol. The quantitative estimate of drug-likeness (QED) is 0.798. The lowest BCUT2D eigenvalue weighted by Gasteiger charge is -2.24. The minimum atomic E-state index is -0.472. The molecule has 0 aromatic heterocycles. The number of aryl methyl sites for hydroxylation is 1. The number of nitrogens with one attached hydrogen (secondary N) is 1. The van der Waals surface area contributed by atoms with Crippen molar-refractivity contribution in [1.29, 1.82) is 0 Å². The highest BCUT2D eigenvalue weighted by Gasteiger charge is 2.34. The van der Waals surface area contributed by atoms with Gasteiger partial charge in [0.2, 0.25) is 5.91 Å². The van der Waals surface area contributed by atoms with E-state index in [0.29, 0.717) is 24.4 Å². The third-order valence-electron chi connectivity index (χ3n) is 4.93. The third kappa shape index (κ3) is 4.82. The first-order valence-electron chi connectivity index (χ1n) is 9.57. The van der Waals surface area contributed by atoms with Crippen molar-refractivity contribution < 1.29 is 19.1 Å². The zero-order valence-corrected chi connectivity index (χ0v) is 16.3. The van der Waals surface area contributed by atoms with E-state index in [2.05, 4.69) is 12.2 Å². The van der Waals surface area contributed by atoms with Crippen molar-refractivity contribution in [3.63, 3.8) is 0 Å². The normalized spacial score (nSPS) is 15.9. The average Bonchev–Trinajstić information content (AvgIpc) is 3.23. The number of carbonyl (C=O) groups excluding carboxylic acids is 2. The Kier molecular flexibility index (Phi) is 6.53. The molecule has 28 heavy (non-hydrogen) atoms. The molecule has 148 valence electrons. The van der Waals surface area contributed by atoms with Crippen LogP contribution < -0.4 is 14.8 Å². The summed E-state index contributed by atoms with van der Waals surface area (Å²) in [6.45, 7) is 2.58. The van der Waals surface area contributed by atoms with E-state index in [1.54, 1.807) is 36.3 Å². The standard InChI is InChI=1S/C22H26N2O4/c1-3-16-6-10-19(11-7-16)28-15-21(25)24-14-4-5-20(24)22(26)23-17-8-12-18(27-2)13-9-17/h6-13,20H,3-5,14-15H2,1-2H3,(H,23,26). The third-order valence-corrected chi connectivity index (χ3v) is 4.93. The van der Waals surface area contributed by atoms with Gasteiger partial charge in [0.25, 0.3) is 5.91 Å². The molecule has 1 atom stereocenters. The van der Waals surface area contributed by atoms with Crippen LogP contribution in [-0.2, 0) is 16.0 Å². The van der Waals surface area contributed by atoms with Gasteiger partial charge in [-0.1, -0.05) is 19.1 Å². The molecule has 1 saturated heterocycles. The van der Waals surface area contributed by atoms with Crippen LogP contribution in [0.4, 0.5) is 5.69 Å². The van der Waals surface area contributed by atoms with Gasteiger partial charge in [0.1, 0.15) is 17.5 Å². The highest BCUT2D eigenvalue weighted by atomic mass is 16.5. The lowest BCUT2D eigenvalue weighted by molar-refractivity contribution is -0.138. The number of rotatable bonds is 7. The molecule has 3 rings (SSSR count). The van der Waals surface area contributed by atoms with Crippen molar-refractivity contribution in [2.45, 2.75) is 32.2 Å². The molecule has 1 N–H and O–H groups in total. The largest absolute Gasteiger partial charge is 0.497 e. The fourth-order valence-electron chi connectivity index (χ4n) is 3.29. The molecule has 2 aromatic rings. The van der Waals surface area contributed by atoms with Gasteiger partial charge in [-0.3, -0.25) is 9.59 Å². The number of anilines is 1. The number of benzene rings is 2. The minimum Gasteiger partial charge on any atom is -0.497 e. The number of hydrogen-bond acceptors (Lipinski definition) is 4. The van der Waals surface area contributed by atoms with Gasteiger partial charge >= 0.3 is 0 Å². The molecule has 1 aliphatic heterocycles. The first kappa shape index (κ1) is 19.7. The van der Waals surface area contributed by atoms with Crippen molar-refractivity contribution in [2.24, 2.45) is 0 Å². The van der Waals surface area contributed by atoms with Crippen molar-refractivity contribution >= 4 is 17.5 Å².